The summed E-state index contributed by atoms with van der Waals surface area (Å²) < 4.78 is 12.2. The van der Waals surface area contributed by atoms with Gasteiger partial charge in [0, 0.05) is 26.7 Å². The van der Waals surface area contributed by atoms with E-state index in [9.17, 15) is 0 Å². The van der Waals surface area contributed by atoms with Crippen LogP contribution in [-0.2, 0) is 6.61 Å². The third-order valence-electron chi connectivity index (χ3n) is 3.09. The lowest BCUT2D eigenvalue weighted by atomic mass is 10.1. The molecule has 2 N–H and O–H groups in total. The highest BCUT2D eigenvalue weighted by Gasteiger charge is 2.11. The van der Waals surface area contributed by atoms with Gasteiger partial charge < -0.3 is 15.2 Å². The van der Waals surface area contributed by atoms with Crippen LogP contribution in [0.15, 0.2) is 40.9 Å². The molecule has 0 bridgehead atoms. The van der Waals surface area contributed by atoms with Crippen LogP contribution in [0.4, 0.5) is 0 Å². The first-order chi connectivity index (χ1) is 10.0. The molecule has 0 aromatic heterocycles. The Morgan fingerprint density at radius 2 is 1.90 bits per heavy atom. The molecule has 0 unspecified atom stereocenters. The second kappa shape index (κ2) is 7.16. The van der Waals surface area contributed by atoms with Gasteiger partial charge in [0.15, 0.2) is 0 Å². The van der Waals surface area contributed by atoms with Gasteiger partial charge in [-0.25, -0.2) is 0 Å². The topological polar surface area (TPSA) is 44.5 Å². The molecule has 0 heterocycles. The molecule has 0 spiro atoms. The van der Waals surface area contributed by atoms with Crippen LogP contribution in [0.25, 0.3) is 0 Å². The molecule has 0 aliphatic carbocycles. The van der Waals surface area contributed by atoms with E-state index < -0.39 is 0 Å². The van der Waals surface area contributed by atoms with E-state index in [4.69, 9.17) is 26.8 Å². The number of ether oxygens (including phenoxy) is 2. The van der Waals surface area contributed by atoms with Gasteiger partial charge in [0.2, 0.25) is 0 Å². The highest BCUT2D eigenvalue weighted by atomic mass is 79.9. The van der Waals surface area contributed by atoms with Crippen molar-refractivity contribution >= 4 is 27.5 Å². The fourth-order valence-electron chi connectivity index (χ4n) is 2.02. The van der Waals surface area contributed by atoms with Crippen LogP contribution < -0.4 is 15.2 Å². The molecule has 3 nitrogen and oxygen atoms in total. The summed E-state index contributed by atoms with van der Waals surface area (Å²) in [4.78, 5) is 0. The summed E-state index contributed by atoms with van der Waals surface area (Å²) in [6.45, 7) is 2.29. The van der Waals surface area contributed by atoms with E-state index in [0.717, 1.165) is 27.1 Å². The van der Waals surface area contributed by atoms with Gasteiger partial charge in [0.25, 0.3) is 0 Å². The molecule has 0 aliphatic rings. The highest BCUT2D eigenvalue weighted by Crippen LogP contribution is 2.29. The number of hydrogen-bond acceptors (Lipinski definition) is 3. The molecule has 5 heteroatoms. The Labute approximate surface area is 138 Å². The summed E-state index contributed by atoms with van der Waals surface area (Å²) in [5, 5.41) is 0.648. The molecule has 21 heavy (non-hydrogen) atoms. The van der Waals surface area contributed by atoms with Crippen LogP contribution in [0.5, 0.6) is 11.5 Å². The number of rotatable bonds is 5. The Morgan fingerprint density at radius 3 is 2.57 bits per heavy atom. The minimum atomic E-state index is -0.150. The smallest absolute Gasteiger partial charge is 0.125 e. The maximum Gasteiger partial charge on any atom is 0.125 e. The van der Waals surface area contributed by atoms with Crippen molar-refractivity contribution in [2.45, 2.75) is 19.6 Å². The van der Waals surface area contributed by atoms with Gasteiger partial charge in [0.05, 0.1) is 7.11 Å². The molecule has 2 aromatic carbocycles. The molecule has 0 saturated heterocycles. The van der Waals surface area contributed by atoms with E-state index >= 15 is 0 Å². The van der Waals surface area contributed by atoms with Gasteiger partial charge in [0.1, 0.15) is 18.1 Å². The summed E-state index contributed by atoms with van der Waals surface area (Å²) in [6.07, 6.45) is 0. The predicted octanol–water partition coefficient (Wildman–Crippen LogP) is 4.71. The second-order valence-corrected chi connectivity index (χ2v) is 6.07. The van der Waals surface area contributed by atoms with Crippen LogP contribution in [0.1, 0.15) is 24.1 Å². The standard InChI is InChI=1S/C16H17BrClNO2/c1-10(19)14-8-13(18)4-6-16(14)21-9-11-7-12(17)3-5-15(11)20-2/h3-8,10H,9,19H2,1-2H3/t10-/m0/s1. The Balaban J connectivity index is 2.22. The van der Waals surface area contributed by atoms with Gasteiger partial charge in [-0.05, 0) is 43.3 Å². The van der Waals surface area contributed by atoms with Gasteiger partial charge in [-0.2, -0.15) is 0 Å². The van der Waals surface area contributed by atoms with Crippen molar-refractivity contribution in [1.29, 1.82) is 0 Å². The van der Waals surface area contributed by atoms with Crippen molar-refractivity contribution < 1.29 is 9.47 Å². The molecular weight excluding hydrogens is 354 g/mol. The first-order valence-electron chi connectivity index (χ1n) is 6.51. The molecule has 2 aromatic rings. The van der Waals surface area contributed by atoms with E-state index in [-0.39, 0.29) is 6.04 Å². The molecule has 1 atom stereocenters. The average Bonchev–Trinajstić information content (AvgIpc) is 2.46. The lowest BCUT2D eigenvalue weighted by molar-refractivity contribution is 0.292. The van der Waals surface area contributed by atoms with E-state index in [1.165, 1.54) is 0 Å². The second-order valence-electron chi connectivity index (χ2n) is 4.72. The van der Waals surface area contributed by atoms with E-state index in [1.54, 1.807) is 13.2 Å². The Morgan fingerprint density at radius 1 is 1.19 bits per heavy atom. The molecule has 0 amide bonds. The molecular formula is C16H17BrClNO2. The van der Waals surface area contributed by atoms with Crippen molar-refractivity contribution in [3.05, 3.63) is 57.0 Å². The van der Waals surface area contributed by atoms with Gasteiger partial charge in [-0.3, -0.25) is 0 Å². The summed E-state index contributed by atoms with van der Waals surface area (Å²) in [5.74, 6) is 1.52. The van der Waals surface area contributed by atoms with Crippen molar-refractivity contribution in [2.75, 3.05) is 7.11 Å². The van der Waals surface area contributed by atoms with Crippen LogP contribution in [0.2, 0.25) is 5.02 Å². The average molecular weight is 371 g/mol. The summed E-state index contributed by atoms with van der Waals surface area (Å²) >= 11 is 9.46. The lowest BCUT2D eigenvalue weighted by Crippen LogP contribution is -2.08. The molecule has 2 rings (SSSR count). The van der Waals surface area contributed by atoms with Gasteiger partial charge in [-0.1, -0.05) is 27.5 Å². The van der Waals surface area contributed by atoms with Crippen molar-refractivity contribution in [1.82, 2.24) is 0 Å². The van der Waals surface area contributed by atoms with E-state index in [2.05, 4.69) is 15.9 Å². The van der Waals surface area contributed by atoms with Crippen LogP contribution in [0, 0.1) is 0 Å². The number of methoxy groups -OCH3 is 1. The third-order valence-corrected chi connectivity index (χ3v) is 3.82. The van der Waals surface area contributed by atoms with Crippen molar-refractivity contribution in [3.63, 3.8) is 0 Å². The fraction of sp³-hybridized carbons (Fsp3) is 0.250. The number of benzene rings is 2. The van der Waals surface area contributed by atoms with Crippen molar-refractivity contribution in [2.24, 2.45) is 5.73 Å². The highest BCUT2D eigenvalue weighted by molar-refractivity contribution is 9.10. The molecule has 0 fully saturated rings. The van der Waals surface area contributed by atoms with Crippen LogP contribution in [0.3, 0.4) is 0 Å². The van der Waals surface area contributed by atoms with Crippen LogP contribution in [-0.4, -0.2) is 7.11 Å². The first-order valence-corrected chi connectivity index (χ1v) is 7.68. The zero-order valence-electron chi connectivity index (χ0n) is 11.9. The zero-order valence-corrected chi connectivity index (χ0v) is 14.2. The van der Waals surface area contributed by atoms with Gasteiger partial charge >= 0.3 is 0 Å². The monoisotopic (exact) mass is 369 g/mol. The Bertz CT molecular complexity index is 632. The van der Waals surface area contributed by atoms with E-state index in [1.807, 2.05) is 37.3 Å². The van der Waals surface area contributed by atoms with Crippen LogP contribution >= 0.6 is 27.5 Å². The Hall–Kier alpha value is -1.23. The maximum atomic E-state index is 6.01. The SMILES string of the molecule is COc1ccc(Br)cc1COc1ccc(Cl)cc1[C@H](C)N. The summed E-state index contributed by atoms with van der Waals surface area (Å²) in [6, 6.07) is 11.1. The summed E-state index contributed by atoms with van der Waals surface area (Å²) in [5.41, 5.74) is 7.80. The molecule has 0 radical (unpaired) electrons. The van der Waals surface area contributed by atoms with Gasteiger partial charge in [-0.15, -0.1) is 0 Å². The maximum absolute atomic E-state index is 6.01. The molecule has 0 saturated carbocycles. The quantitative estimate of drug-likeness (QED) is 0.829. The minimum Gasteiger partial charge on any atom is -0.496 e. The normalized spacial score (nSPS) is 12.0. The fourth-order valence-corrected chi connectivity index (χ4v) is 2.61. The largest absolute Gasteiger partial charge is 0.496 e. The number of hydrogen-bond donors (Lipinski definition) is 1. The molecule has 0 aliphatic heterocycles. The Kier molecular flexibility index (Phi) is 5.51. The van der Waals surface area contributed by atoms with Crippen molar-refractivity contribution in [3.8, 4) is 11.5 Å². The number of halogens is 2. The summed E-state index contributed by atoms with van der Waals surface area (Å²) in [7, 11) is 1.64. The number of nitrogens with two attached hydrogens (primary N) is 1. The first kappa shape index (κ1) is 16.1. The molecule has 112 valence electrons. The zero-order chi connectivity index (χ0) is 15.4. The predicted molar refractivity (Wildman–Crippen MR) is 89.1 cm³/mol. The minimum absolute atomic E-state index is 0.150. The lowest BCUT2D eigenvalue weighted by Gasteiger charge is -2.16. The van der Waals surface area contributed by atoms with E-state index in [0.29, 0.717) is 11.6 Å². The third kappa shape index (κ3) is 4.13.